The van der Waals surface area contributed by atoms with Gasteiger partial charge in [-0.2, -0.15) is 0 Å². The Morgan fingerprint density at radius 2 is 1.83 bits per heavy atom. The van der Waals surface area contributed by atoms with Crippen LogP contribution in [0.15, 0.2) is 54.9 Å². The van der Waals surface area contributed by atoms with Crippen LogP contribution < -0.4 is 15.4 Å². The Morgan fingerprint density at radius 3 is 2.57 bits per heavy atom. The van der Waals surface area contributed by atoms with Gasteiger partial charge in [0.25, 0.3) is 0 Å². The summed E-state index contributed by atoms with van der Waals surface area (Å²) in [5.74, 6) is 0.248. The number of carbonyl (C=O) groups excluding carboxylic acids is 2. The third-order valence-electron chi connectivity index (χ3n) is 3.00. The highest BCUT2D eigenvalue weighted by Gasteiger charge is 2.06. The van der Waals surface area contributed by atoms with Gasteiger partial charge in [-0.05, 0) is 23.8 Å². The van der Waals surface area contributed by atoms with E-state index < -0.39 is 0 Å². The minimum absolute atomic E-state index is 0.0512. The number of nitrogens with zero attached hydrogens (tertiary/aromatic N) is 1. The van der Waals surface area contributed by atoms with Crippen LogP contribution in [0.3, 0.4) is 0 Å². The molecule has 120 valence electrons. The predicted molar refractivity (Wildman–Crippen MR) is 85.6 cm³/mol. The predicted octanol–water partition coefficient (Wildman–Crippen LogP) is 1.28. The van der Waals surface area contributed by atoms with Gasteiger partial charge >= 0.3 is 0 Å². The van der Waals surface area contributed by atoms with Crippen LogP contribution >= 0.6 is 0 Å². The Morgan fingerprint density at radius 1 is 1.00 bits per heavy atom. The van der Waals surface area contributed by atoms with Crippen molar-refractivity contribution in [3.63, 3.8) is 0 Å². The van der Waals surface area contributed by atoms with Crippen LogP contribution in [0.4, 0.5) is 0 Å². The van der Waals surface area contributed by atoms with Crippen LogP contribution in [0, 0.1) is 0 Å². The number of para-hydroxylation sites is 1. The number of amides is 2. The summed E-state index contributed by atoms with van der Waals surface area (Å²) < 4.78 is 5.42. The minimum Gasteiger partial charge on any atom is -0.493 e. The zero-order chi connectivity index (χ0) is 16.3. The molecule has 1 aromatic heterocycles. The Bertz CT molecular complexity index is 617. The molecule has 0 aliphatic carbocycles. The van der Waals surface area contributed by atoms with E-state index in [9.17, 15) is 9.59 Å². The summed E-state index contributed by atoms with van der Waals surface area (Å²) in [6.45, 7) is 0.608. The molecule has 0 bridgehead atoms. The molecule has 0 aliphatic heterocycles. The molecule has 0 unspecified atom stereocenters. The Balaban J connectivity index is 1.57. The highest BCUT2D eigenvalue weighted by Crippen LogP contribution is 2.08. The summed E-state index contributed by atoms with van der Waals surface area (Å²) in [4.78, 5) is 27.2. The van der Waals surface area contributed by atoms with Crippen molar-refractivity contribution in [1.29, 1.82) is 0 Å². The Labute approximate surface area is 134 Å². The number of nitrogens with one attached hydrogen (secondary N) is 2. The quantitative estimate of drug-likeness (QED) is 0.769. The minimum atomic E-state index is -0.244. The molecule has 2 N–H and O–H groups in total. The van der Waals surface area contributed by atoms with E-state index >= 15 is 0 Å². The number of hydrogen-bond acceptors (Lipinski definition) is 4. The lowest BCUT2D eigenvalue weighted by Gasteiger charge is -2.08. The molecule has 0 atom stereocenters. The number of ether oxygens (including phenoxy) is 1. The highest BCUT2D eigenvalue weighted by atomic mass is 16.5. The summed E-state index contributed by atoms with van der Waals surface area (Å²) in [6, 6.07) is 12.9. The van der Waals surface area contributed by atoms with Crippen molar-refractivity contribution in [2.24, 2.45) is 0 Å². The number of aromatic nitrogens is 1. The fraction of sp³-hybridized carbons (Fsp3) is 0.235. The van der Waals surface area contributed by atoms with Crippen molar-refractivity contribution in [3.05, 3.63) is 60.4 Å². The van der Waals surface area contributed by atoms with E-state index in [1.54, 1.807) is 18.5 Å². The summed E-state index contributed by atoms with van der Waals surface area (Å²) in [6.07, 6.45) is 3.55. The van der Waals surface area contributed by atoms with Gasteiger partial charge in [0.1, 0.15) is 5.75 Å². The molecule has 2 aromatic rings. The number of benzene rings is 1. The summed E-state index contributed by atoms with van der Waals surface area (Å²) >= 11 is 0. The van der Waals surface area contributed by atoms with Crippen molar-refractivity contribution < 1.29 is 14.3 Å². The molecule has 2 amide bonds. The van der Waals surface area contributed by atoms with Crippen LogP contribution in [0.1, 0.15) is 12.0 Å². The van der Waals surface area contributed by atoms with Gasteiger partial charge in [0, 0.05) is 18.9 Å². The molecule has 0 spiro atoms. The molecule has 23 heavy (non-hydrogen) atoms. The molecule has 0 fully saturated rings. The van der Waals surface area contributed by atoms with Crippen molar-refractivity contribution in [3.8, 4) is 5.75 Å². The van der Waals surface area contributed by atoms with Gasteiger partial charge in [0.2, 0.25) is 11.8 Å². The van der Waals surface area contributed by atoms with E-state index in [0.717, 1.165) is 11.3 Å². The number of rotatable bonds is 8. The fourth-order valence-electron chi connectivity index (χ4n) is 1.81. The molecular formula is C17H19N3O3. The standard InChI is InChI=1S/C17H19N3O3/c21-16(8-10-23-15-6-2-1-3-7-15)20-13-17(22)19-12-14-5-4-9-18-11-14/h1-7,9,11H,8,10,12-13H2,(H,19,22)(H,20,21). The van der Waals surface area contributed by atoms with Gasteiger partial charge in [0.15, 0.2) is 0 Å². The van der Waals surface area contributed by atoms with Crippen molar-refractivity contribution in [2.45, 2.75) is 13.0 Å². The molecule has 6 heteroatoms. The van der Waals surface area contributed by atoms with Crippen LogP contribution in [0.5, 0.6) is 5.75 Å². The third kappa shape index (κ3) is 6.60. The van der Waals surface area contributed by atoms with Gasteiger partial charge in [-0.1, -0.05) is 24.3 Å². The summed E-state index contributed by atoms with van der Waals surface area (Å²) in [5.41, 5.74) is 0.906. The maximum Gasteiger partial charge on any atom is 0.239 e. The van der Waals surface area contributed by atoms with E-state index in [0.29, 0.717) is 6.54 Å². The lowest BCUT2D eigenvalue weighted by Crippen LogP contribution is -2.37. The second-order valence-corrected chi connectivity index (χ2v) is 4.83. The highest BCUT2D eigenvalue weighted by molar-refractivity contribution is 5.84. The number of pyridine rings is 1. The average molecular weight is 313 g/mol. The van der Waals surface area contributed by atoms with E-state index in [-0.39, 0.29) is 31.4 Å². The van der Waals surface area contributed by atoms with E-state index in [1.165, 1.54) is 0 Å². The molecule has 0 radical (unpaired) electrons. The molecule has 2 rings (SSSR count). The number of hydrogen-bond donors (Lipinski definition) is 2. The first-order chi connectivity index (χ1) is 11.2. The van der Waals surface area contributed by atoms with Crippen molar-refractivity contribution >= 4 is 11.8 Å². The lowest BCUT2D eigenvalue weighted by atomic mass is 10.3. The molecule has 1 aromatic carbocycles. The molecular weight excluding hydrogens is 294 g/mol. The largest absolute Gasteiger partial charge is 0.493 e. The first-order valence-corrected chi connectivity index (χ1v) is 7.34. The lowest BCUT2D eigenvalue weighted by molar-refractivity contribution is -0.126. The summed E-state index contributed by atoms with van der Waals surface area (Å²) in [5, 5.41) is 5.27. The average Bonchev–Trinajstić information content (AvgIpc) is 2.60. The fourth-order valence-corrected chi connectivity index (χ4v) is 1.81. The zero-order valence-electron chi connectivity index (χ0n) is 12.7. The van der Waals surface area contributed by atoms with Gasteiger partial charge in [-0.15, -0.1) is 0 Å². The van der Waals surface area contributed by atoms with Gasteiger partial charge in [-0.25, -0.2) is 0 Å². The monoisotopic (exact) mass is 313 g/mol. The molecule has 1 heterocycles. The Kier molecular flexibility index (Phi) is 6.59. The second-order valence-electron chi connectivity index (χ2n) is 4.83. The van der Waals surface area contributed by atoms with E-state index in [2.05, 4.69) is 15.6 Å². The smallest absolute Gasteiger partial charge is 0.239 e. The second kappa shape index (κ2) is 9.19. The normalized spacial score (nSPS) is 9.91. The first kappa shape index (κ1) is 16.5. The maximum atomic E-state index is 11.6. The van der Waals surface area contributed by atoms with Gasteiger partial charge in [-0.3, -0.25) is 14.6 Å². The number of carbonyl (C=O) groups is 2. The maximum absolute atomic E-state index is 11.6. The van der Waals surface area contributed by atoms with Gasteiger partial charge in [0.05, 0.1) is 19.6 Å². The molecule has 0 saturated carbocycles. The molecule has 0 saturated heterocycles. The van der Waals surface area contributed by atoms with Crippen LogP contribution in [0.25, 0.3) is 0 Å². The van der Waals surface area contributed by atoms with Crippen molar-refractivity contribution in [1.82, 2.24) is 15.6 Å². The zero-order valence-corrected chi connectivity index (χ0v) is 12.7. The van der Waals surface area contributed by atoms with Crippen molar-refractivity contribution in [2.75, 3.05) is 13.2 Å². The third-order valence-corrected chi connectivity index (χ3v) is 3.00. The topological polar surface area (TPSA) is 80.3 Å². The van der Waals surface area contributed by atoms with E-state index in [4.69, 9.17) is 4.74 Å². The van der Waals surface area contributed by atoms with Crippen LogP contribution in [-0.4, -0.2) is 29.9 Å². The first-order valence-electron chi connectivity index (χ1n) is 7.34. The van der Waals surface area contributed by atoms with E-state index in [1.807, 2.05) is 36.4 Å². The Hall–Kier alpha value is -2.89. The van der Waals surface area contributed by atoms with Gasteiger partial charge < -0.3 is 15.4 Å². The molecule has 0 aliphatic rings. The van der Waals surface area contributed by atoms with Crippen LogP contribution in [0.2, 0.25) is 0 Å². The molecule has 6 nitrogen and oxygen atoms in total. The SMILES string of the molecule is O=C(CCOc1ccccc1)NCC(=O)NCc1cccnc1. The summed E-state index contributed by atoms with van der Waals surface area (Å²) in [7, 11) is 0. The van der Waals surface area contributed by atoms with Crippen LogP contribution in [-0.2, 0) is 16.1 Å².